The summed E-state index contributed by atoms with van der Waals surface area (Å²) in [6, 6.07) is 13.1. The van der Waals surface area contributed by atoms with E-state index in [4.69, 9.17) is 23.2 Å². The molecule has 0 bridgehead atoms. The lowest BCUT2D eigenvalue weighted by molar-refractivity contribution is -0.140. The number of halogens is 5. The van der Waals surface area contributed by atoms with Crippen LogP contribution in [-0.4, -0.2) is 44.3 Å². The number of benzene rings is 3. The van der Waals surface area contributed by atoms with Gasteiger partial charge in [-0.1, -0.05) is 73.3 Å². The zero-order valence-electron chi connectivity index (χ0n) is 24.5. The van der Waals surface area contributed by atoms with Crippen molar-refractivity contribution in [2.24, 2.45) is 0 Å². The minimum atomic E-state index is -4.77. The van der Waals surface area contributed by atoms with Gasteiger partial charge in [-0.2, -0.15) is 13.2 Å². The number of aryl methyl sites for hydroxylation is 1. The maximum Gasteiger partial charge on any atom is 0.416 e. The Balaban J connectivity index is 2.14. The summed E-state index contributed by atoms with van der Waals surface area (Å²) in [6.07, 6.45) is -3.10. The van der Waals surface area contributed by atoms with Crippen LogP contribution in [0.5, 0.6) is 0 Å². The Hall–Kier alpha value is -3.28. The summed E-state index contributed by atoms with van der Waals surface area (Å²) in [6.45, 7) is 4.59. The van der Waals surface area contributed by atoms with Crippen molar-refractivity contribution in [3.63, 3.8) is 0 Å². The van der Waals surface area contributed by atoms with E-state index in [1.165, 1.54) is 23.1 Å². The fourth-order valence-electron chi connectivity index (χ4n) is 4.48. The highest BCUT2D eigenvalue weighted by Gasteiger charge is 2.36. The SMILES string of the molecule is CCCCNC(=O)[C@H](CC)N(Cc1c(Cl)cccc1Cl)C(=O)CN(c1cccc(C(F)(F)F)c1)S(=O)(=O)c1ccc(C)cc1. The number of carbonyl (C=O) groups is 2. The summed E-state index contributed by atoms with van der Waals surface area (Å²) in [4.78, 5) is 28.4. The average molecular weight is 673 g/mol. The number of anilines is 1. The van der Waals surface area contributed by atoms with Gasteiger partial charge in [0, 0.05) is 28.7 Å². The molecule has 1 N–H and O–H groups in total. The summed E-state index contributed by atoms with van der Waals surface area (Å²) in [7, 11) is -4.56. The topological polar surface area (TPSA) is 86.8 Å². The van der Waals surface area contributed by atoms with Gasteiger partial charge in [-0.15, -0.1) is 0 Å². The van der Waals surface area contributed by atoms with Crippen molar-refractivity contribution in [1.29, 1.82) is 0 Å². The smallest absolute Gasteiger partial charge is 0.354 e. The van der Waals surface area contributed by atoms with E-state index in [-0.39, 0.29) is 33.6 Å². The predicted molar refractivity (Wildman–Crippen MR) is 166 cm³/mol. The standard InChI is InChI=1S/C31H34Cl2F3N3O4S/c1-4-6-17-37-30(41)28(5-2)38(19-25-26(32)11-8-12-27(25)33)29(40)20-39(23-10-7-9-22(18-23)31(34,35)36)44(42,43)24-15-13-21(3)14-16-24/h7-16,18,28H,4-6,17,19-20H2,1-3H3,(H,37,41)/t28-/m0/s1. The molecule has 0 radical (unpaired) electrons. The highest BCUT2D eigenvalue weighted by atomic mass is 35.5. The van der Waals surface area contributed by atoms with E-state index in [0.717, 1.165) is 24.1 Å². The van der Waals surface area contributed by atoms with E-state index in [0.29, 0.717) is 28.9 Å². The van der Waals surface area contributed by atoms with Gasteiger partial charge in [0.05, 0.1) is 16.1 Å². The van der Waals surface area contributed by atoms with Gasteiger partial charge in [0.15, 0.2) is 0 Å². The van der Waals surface area contributed by atoms with Gasteiger partial charge in [-0.05, 0) is 62.2 Å². The van der Waals surface area contributed by atoms with Crippen molar-refractivity contribution in [1.82, 2.24) is 10.2 Å². The molecule has 3 aromatic carbocycles. The van der Waals surface area contributed by atoms with E-state index in [1.54, 1.807) is 44.2 Å². The Labute approximate surface area is 266 Å². The van der Waals surface area contributed by atoms with Crippen molar-refractivity contribution < 1.29 is 31.2 Å². The third kappa shape index (κ3) is 8.67. The highest BCUT2D eigenvalue weighted by molar-refractivity contribution is 7.92. The first-order valence-corrected chi connectivity index (χ1v) is 16.2. The number of nitrogens with one attached hydrogen (secondary N) is 1. The molecule has 0 aliphatic heterocycles. The van der Waals surface area contributed by atoms with E-state index >= 15 is 0 Å². The van der Waals surface area contributed by atoms with Crippen LogP contribution >= 0.6 is 23.2 Å². The summed E-state index contributed by atoms with van der Waals surface area (Å²) in [5.41, 5.74) is -0.373. The molecule has 1 atom stereocenters. The molecule has 0 aliphatic carbocycles. The quantitative estimate of drug-likeness (QED) is 0.194. The predicted octanol–water partition coefficient (Wildman–Crippen LogP) is 7.24. The van der Waals surface area contributed by atoms with Crippen LogP contribution < -0.4 is 9.62 Å². The van der Waals surface area contributed by atoms with Crippen LogP contribution in [0.1, 0.15) is 49.8 Å². The van der Waals surface area contributed by atoms with Crippen LogP contribution in [-0.2, 0) is 32.3 Å². The summed E-state index contributed by atoms with van der Waals surface area (Å²) in [5, 5.41) is 3.24. The van der Waals surface area contributed by atoms with Crippen LogP contribution in [0.3, 0.4) is 0 Å². The van der Waals surface area contributed by atoms with Gasteiger partial charge >= 0.3 is 6.18 Å². The van der Waals surface area contributed by atoms with Gasteiger partial charge in [0.1, 0.15) is 12.6 Å². The molecule has 0 spiro atoms. The molecule has 7 nitrogen and oxygen atoms in total. The number of sulfonamides is 1. The van der Waals surface area contributed by atoms with Crippen LogP contribution in [0.4, 0.5) is 18.9 Å². The molecule has 0 aromatic heterocycles. The first kappa shape index (κ1) is 35.2. The second-order valence-corrected chi connectivity index (χ2v) is 12.8. The normalized spacial score (nSPS) is 12.5. The number of rotatable bonds is 13. The molecule has 0 heterocycles. The third-order valence-electron chi connectivity index (χ3n) is 6.95. The zero-order chi connectivity index (χ0) is 32.7. The number of unbranched alkanes of at least 4 members (excludes halogenated alkanes) is 1. The molecule has 238 valence electrons. The van der Waals surface area contributed by atoms with Gasteiger partial charge < -0.3 is 10.2 Å². The van der Waals surface area contributed by atoms with Gasteiger partial charge in [0.25, 0.3) is 10.0 Å². The Morgan fingerprint density at radius 3 is 2.14 bits per heavy atom. The van der Waals surface area contributed by atoms with Gasteiger partial charge in [-0.3, -0.25) is 13.9 Å². The summed E-state index contributed by atoms with van der Waals surface area (Å²) >= 11 is 12.8. The molecule has 3 aromatic rings. The van der Waals surface area contributed by atoms with Crippen molar-refractivity contribution in [3.8, 4) is 0 Å². The number of carbonyl (C=O) groups excluding carboxylic acids is 2. The Morgan fingerprint density at radius 1 is 0.955 bits per heavy atom. The van der Waals surface area contributed by atoms with E-state index in [2.05, 4.69) is 5.32 Å². The van der Waals surface area contributed by atoms with Crippen molar-refractivity contribution in [2.45, 2.75) is 63.7 Å². The van der Waals surface area contributed by atoms with Crippen molar-refractivity contribution in [3.05, 3.63) is 93.5 Å². The molecule has 0 unspecified atom stereocenters. The first-order valence-electron chi connectivity index (χ1n) is 14.0. The van der Waals surface area contributed by atoms with E-state index in [1.807, 2.05) is 6.92 Å². The maximum atomic E-state index is 14.1. The molecule has 0 saturated carbocycles. The summed E-state index contributed by atoms with van der Waals surface area (Å²) < 4.78 is 69.5. The Kier molecular flexibility index (Phi) is 12.1. The number of alkyl halides is 3. The molecule has 44 heavy (non-hydrogen) atoms. The number of hydrogen-bond acceptors (Lipinski definition) is 4. The second kappa shape index (κ2) is 15.1. The highest BCUT2D eigenvalue weighted by Crippen LogP contribution is 2.34. The minimum Gasteiger partial charge on any atom is -0.354 e. The molecular formula is C31H34Cl2F3N3O4S. The average Bonchev–Trinajstić information content (AvgIpc) is 2.97. The summed E-state index contributed by atoms with van der Waals surface area (Å²) in [5.74, 6) is -1.31. The van der Waals surface area contributed by atoms with Crippen molar-refractivity contribution >= 4 is 50.7 Å². The molecule has 3 rings (SSSR count). The maximum absolute atomic E-state index is 14.1. The van der Waals surface area contributed by atoms with Crippen LogP contribution in [0.25, 0.3) is 0 Å². The largest absolute Gasteiger partial charge is 0.416 e. The van der Waals surface area contributed by atoms with Crippen molar-refractivity contribution in [2.75, 3.05) is 17.4 Å². The van der Waals surface area contributed by atoms with E-state index < -0.39 is 46.2 Å². The molecular weight excluding hydrogens is 638 g/mol. The lowest BCUT2D eigenvalue weighted by atomic mass is 10.1. The molecule has 0 saturated heterocycles. The lowest BCUT2D eigenvalue weighted by Crippen LogP contribution is -2.52. The zero-order valence-corrected chi connectivity index (χ0v) is 26.8. The molecule has 13 heteroatoms. The fourth-order valence-corrected chi connectivity index (χ4v) is 6.41. The van der Waals surface area contributed by atoms with Gasteiger partial charge in [-0.25, -0.2) is 8.42 Å². The monoisotopic (exact) mass is 671 g/mol. The van der Waals surface area contributed by atoms with Crippen LogP contribution in [0.15, 0.2) is 71.6 Å². The third-order valence-corrected chi connectivity index (χ3v) is 9.45. The molecule has 2 amide bonds. The van der Waals surface area contributed by atoms with Gasteiger partial charge in [0.2, 0.25) is 11.8 Å². The first-order chi connectivity index (χ1) is 20.7. The fraction of sp³-hybridized carbons (Fsp3) is 0.355. The molecule has 0 fully saturated rings. The minimum absolute atomic E-state index is 0.153. The lowest BCUT2D eigenvalue weighted by Gasteiger charge is -2.33. The van der Waals surface area contributed by atoms with E-state index in [9.17, 15) is 31.2 Å². The Morgan fingerprint density at radius 2 is 1.57 bits per heavy atom. The molecule has 0 aliphatic rings. The van der Waals surface area contributed by atoms with Crippen LogP contribution in [0, 0.1) is 6.92 Å². The second-order valence-electron chi connectivity index (χ2n) is 10.2. The number of amides is 2. The number of nitrogens with zero attached hydrogens (tertiary/aromatic N) is 2. The van der Waals surface area contributed by atoms with Crippen LogP contribution in [0.2, 0.25) is 10.0 Å². The number of hydrogen-bond donors (Lipinski definition) is 1. The Bertz CT molecular complexity index is 1550.